The van der Waals surface area contributed by atoms with E-state index in [2.05, 4.69) is 60.5 Å². The Balaban J connectivity index is 2.00. The van der Waals surface area contributed by atoms with Gasteiger partial charge >= 0.3 is 0 Å². The molecule has 2 rings (SSSR count). The van der Waals surface area contributed by atoms with Crippen LogP contribution in [0.25, 0.3) is 5.57 Å². The summed E-state index contributed by atoms with van der Waals surface area (Å²) < 4.78 is 0. The molecule has 0 spiro atoms. The van der Waals surface area contributed by atoms with E-state index in [-0.39, 0.29) is 0 Å². The molecule has 114 valence electrons. The Kier molecular flexibility index (Phi) is 6.32. The first-order valence-electron chi connectivity index (χ1n) is 8.12. The van der Waals surface area contributed by atoms with Crippen molar-refractivity contribution in [3.05, 3.63) is 42.0 Å². The average molecular weight is 285 g/mol. The van der Waals surface area contributed by atoms with Gasteiger partial charge in [0, 0.05) is 26.2 Å². The third-order valence-electron chi connectivity index (χ3n) is 3.76. The zero-order valence-corrected chi connectivity index (χ0v) is 13.3. The fourth-order valence-electron chi connectivity index (χ4n) is 2.54. The van der Waals surface area contributed by atoms with Gasteiger partial charge in [-0.15, -0.1) is 0 Å². The number of nitrogens with one attached hydrogen (secondary N) is 1. The van der Waals surface area contributed by atoms with Gasteiger partial charge in [-0.1, -0.05) is 49.8 Å². The minimum absolute atomic E-state index is 0.921. The lowest BCUT2D eigenvalue weighted by Crippen LogP contribution is -2.43. The predicted molar refractivity (Wildman–Crippen MR) is 91.5 cm³/mol. The number of aliphatic imine (C=N–C) groups is 1. The van der Waals surface area contributed by atoms with Crippen LogP contribution in [0, 0.1) is 0 Å². The summed E-state index contributed by atoms with van der Waals surface area (Å²) in [6, 6.07) is 10.7. The highest BCUT2D eigenvalue weighted by Crippen LogP contribution is 2.21. The summed E-state index contributed by atoms with van der Waals surface area (Å²) in [4.78, 5) is 7.08. The molecule has 21 heavy (non-hydrogen) atoms. The minimum atomic E-state index is 0.921. The summed E-state index contributed by atoms with van der Waals surface area (Å²) >= 11 is 0. The van der Waals surface area contributed by atoms with Crippen molar-refractivity contribution < 1.29 is 0 Å². The molecular weight excluding hydrogens is 258 g/mol. The van der Waals surface area contributed by atoms with Crippen LogP contribution in [0.15, 0.2) is 41.4 Å². The normalized spacial score (nSPS) is 15.8. The van der Waals surface area contributed by atoms with Crippen molar-refractivity contribution >= 4 is 11.5 Å². The molecule has 1 heterocycles. The molecule has 0 aromatic heterocycles. The lowest BCUT2D eigenvalue weighted by atomic mass is 10.00. The lowest BCUT2D eigenvalue weighted by molar-refractivity contribution is 0.439. The van der Waals surface area contributed by atoms with Crippen LogP contribution in [0.5, 0.6) is 0 Å². The molecule has 1 aromatic carbocycles. The highest BCUT2D eigenvalue weighted by Gasteiger charge is 2.15. The fourth-order valence-corrected chi connectivity index (χ4v) is 2.54. The van der Waals surface area contributed by atoms with E-state index in [1.165, 1.54) is 17.6 Å². The smallest absolute Gasteiger partial charge is 0.194 e. The van der Waals surface area contributed by atoms with E-state index in [4.69, 9.17) is 4.99 Å². The third kappa shape index (κ3) is 4.62. The molecule has 0 unspecified atom stereocenters. The number of benzene rings is 1. The van der Waals surface area contributed by atoms with Gasteiger partial charge in [-0.2, -0.15) is 0 Å². The van der Waals surface area contributed by atoms with Gasteiger partial charge in [-0.05, 0) is 30.9 Å². The SMILES string of the molecule is CCCCN=C(NCC)N1CC=C(c2ccccc2)CC1. The summed E-state index contributed by atoms with van der Waals surface area (Å²) in [5.74, 6) is 1.06. The van der Waals surface area contributed by atoms with Crippen molar-refractivity contribution in [3.63, 3.8) is 0 Å². The number of rotatable bonds is 5. The van der Waals surface area contributed by atoms with E-state index in [9.17, 15) is 0 Å². The van der Waals surface area contributed by atoms with E-state index in [0.29, 0.717) is 0 Å². The van der Waals surface area contributed by atoms with E-state index in [1.807, 2.05) is 0 Å². The van der Waals surface area contributed by atoms with Crippen LogP contribution in [0.2, 0.25) is 0 Å². The van der Waals surface area contributed by atoms with Crippen molar-refractivity contribution in [3.8, 4) is 0 Å². The number of unbranched alkanes of at least 4 members (excludes halogenated alkanes) is 1. The molecule has 0 atom stereocenters. The topological polar surface area (TPSA) is 27.6 Å². The number of hydrogen-bond donors (Lipinski definition) is 1. The standard InChI is InChI=1S/C18H27N3/c1-3-5-13-20-18(19-4-2)21-14-11-17(12-15-21)16-9-7-6-8-10-16/h6-11H,3-5,12-15H2,1-2H3,(H,19,20). The fraction of sp³-hybridized carbons (Fsp3) is 0.500. The summed E-state index contributed by atoms with van der Waals surface area (Å²) in [5.41, 5.74) is 2.81. The maximum atomic E-state index is 4.73. The molecule has 0 aliphatic carbocycles. The molecule has 0 radical (unpaired) electrons. The number of guanidine groups is 1. The molecule has 0 amide bonds. The highest BCUT2D eigenvalue weighted by atomic mass is 15.3. The number of nitrogens with zero attached hydrogens (tertiary/aromatic N) is 2. The third-order valence-corrected chi connectivity index (χ3v) is 3.76. The van der Waals surface area contributed by atoms with Crippen LogP contribution < -0.4 is 5.32 Å². The second kappa shape index (κ2) is 8.50. The van der Waals surface area contributed by atoms with Crippen molar-refractivity contribution in [1.29, 1.82) is 0 Å². The van der Waals surface area contributed by atoms with Crippen molar-refractivity contribution in [2.45, 2.75) is 33.1 Å². The van der Waals surface area contributed by atoms with Gasteiger partial charge in [0.15, 0.2) is 5.96 Å². The van der Waals surface area contributed by atoms with Gasteiger partial charge in [-0.3, -0.25) is 4.99 Å². The van der Waals surface area contributed by atoms with Crippen molar-refractivity contribution in [2.24, 2.45) is 4.99 Å². The van der Waals surface area contributed by atoms with Crippen LogP contribution in [0.1, 0.15) is 38.7 Å². The Labute approximate surface area is 128 Å². The molecule has 0 saturated carbocycles. The van der Waals surface area contributed by atoms with Crippen LogP contribution in [0.4, 0.5) is 0 Å². The van der Waals surface area contributed by atoms with Crippen LogP contribution in [-0.4, -0.2) is 37.0 Å². The molecule has 0 fully saturated rings. The van der Waals surface area contributed by atoms with Crippen LogP contribution >= 0.6 is 0 Å². The highest BCUT2D eigenvalue weighted by molar-refractivity contribution is 5.81. The van der Waals surface area contributed by atoms with Gasteiger partial charge < -0.3 is 10.2 Å². The Morgan fingerprint density at radius 2 is 2.05 bits per heavy atom. The quantitative estimate of drug-likeness (QED) is 0.509. The van der Waals surface area contributed by atoms with Crippen molar-refractivity contribution in [1.82, 2.24) is 10.2 Å². The zero-order valence-electron chi connectivity index (χ0n) is 13.3. The van der Waals surface area contributed by atoms with Gasteiger partial charge in [0.2, 0.25) is 0 Å². The first-order chi connectivity index (χ1) is 10.3. The summed E-state index contributed by atoms with van der Waals surface area (Å²) in [5, 5.41) is 3.41. The predicted octanol–water partition coefficient (Wildman–Crippen LogP) is 3.54. The first kappa shape index (κ1) is 15.6. The maximum absolute atomic E-state index is 4.73. The molecule has 0 saturated heterocycles. The molecule has 3 nitrogen and oxygen atoms in total. The summed E-state index contributed by atoms with van der Waals surface area (Å²) in [7, 11) is 0. The van der Waals surface area contributed by atoms with E-state index < -0.39 is 0 Å². The van der Waals surface area contributed by atoms with E-state index in [0.717, 1.165) is 45.0 Å². The van der Waals surface area contributed by atoms with Crippen LogP contribution in [-0.2, 0) is 0 Å². The zero-order chi connectivity index (χ0) is 14.9. The van der Waals surface area contributed by atoms with Crippen LogP contribution in [0.3, 0.4) is 0 Å². The summed E-state index contributed by atoms with van der Waals surface area (Å²) in [6.45, 7) is 8.17. The van der Waals surface area contributed by atoms with Gasteiger partial charge in [-0.25, -0.2) is 0 Å². The Bertz CT molecular complexity index is 476. The second-order valence-corrected chi connectivity index (χ2v) is 5.38. The average Bonchev–Trinajstić information content (AvgIpc) is 2.55. The summed E-state index contributed by atoms with van der Waals surface area (Å²) in [6.07, 6.45) is 5.78. The second-order valence-electron chi connectivity index (χ2n) is 5.38. The molecule has 1 aliphatic rings. The van der Waals surface area contributed by atoms with Crippen molar-refractivity contribution in [2.75, 3.05) is 26.2 Å². The van der Waals surface area contributed by atoms with E-state index >= 15 is 0 Å². The Hall–Kier alpha value is -1.77. The van der Waals surface area contributed by atoms with Gasteiger partial charge in [0.05, 0.1) is 0 Å². The Morgan fingerprint density at radius 3 is 2.67 bits per heavy atom. The number of hydrogen-bond acceptors (Lipinski definition) is 1. The molecule has 1 aromatic rings. The monoisotopic (exact) mass is 285 g/mol. The molecule has 1 aliphatic heterocycles. The molecule has 1 N–H and O–H groups in total. The first-order valence-corrected chi connectivity index (χ1v) is 8.12. The van der Waals surface area contributed by atoms with E-state index in [1.54, 1.807) is 0 Å². The molecule has 3 heteroatoms. The van der Waals surface area contributed by atoms with Gasteiger partial charge in [0.25, 0.3) is 0 Å². The molecular formula is C18H27N3. The largest absolute Gasteiger partial charge is 0.357 e. The maximum Gasteiger partial charge on any atom is 0.194 e. The molecule has 0 bridgehead atoms. The van der Waals surface area contributed by atoms with Gasteiger partial charge in [0.1, 0.15) is 0 Å². The lowest BCUT2D eigenvalue weighted by Gasteiger charge is -2.29. The minimum Gasteiger partial charge on any atom is -0.357 e. The Morgan fingerprint density at radius 1 is 1.24 bits per heavy atom.